The fraction of sp³-hybridized carbons (Fsp3) is 0.0588. The van der Waals surface area contributed by atoms with Gasteiger partial charge in [-0.05, 0) is 24.3 Å². The average molecular weight is 420 g/mol. The van der Waals surface area contributed by atoms with Crippen molar-refractivity contribution in [3.63, 3.8) is 0 Å². The van der Waals surface area contributed by atoms with Crippen LogP contribution in [0.25, 0.3) is 11.5 Å². The molecule has 4 rings (SSSR count). The Hall–Kier alpha value is -2.49. The summed E-state index contributed by atoms with van der Waals surface area (Å²) in [4.78, 5) is 4.35. The lowest BCUT2D eigenvalue weighted by Gasteiger charge is -2.01. The van der Waals surface area contributed by atoms with E-state index in [2.05, 4.69) is 25.7 Å². The first-order chi connectivity index (χ1) is 13.2. The van der Waals surface area contributed by atoms with Crippen molar-refractivity contribution in [2.45, 2.75) is 10.1 Å². The molecule has 0 saturated carbocycles. The van der Waals surface area contributed by atoms with Crippen LogP contribution in [0.3, 0.4) is 0 Å². The van der Waals surface area contributed by atoms with Crippen LogP contribution in [0.4, 0.5) is 15.2 Å². The fourth-order valence-corrected chi connectivity index (χ4v) is 4.00. The zero-order valence-electron chi connectivity index (χ0n) is 13.6. The number of thioether (sulfide) groups is 1. The average Bonchev–Trinajstić information content (AvgIpc) is 3.32. The standard InChI is InChI=1S/C17H11ClFN5OS2/c18-11-6-2-1-5-10(11)15-21-14(24-25-15)9-26-17-23-22-16(27-17)20-13-8-4-3-7-12(13)19/h1-8H,9H2,(H,20,22). The Kier molecular flexibility index (Phi) is 5.33. The molecule has 2 aromatic carbocycles. The van der Waals surface area contributed by atoms with E-state index in [-0.39, 0.29) is 5.82 Å². The number of halogens is 2. The molecule has 10 heteroatoms. The molecule has 2 aromatic heterocycles. The van der Waals surface area contributed by atoms with E-state index >= 15 is 0 Å². The molecule has 27 heavy (non-hydrogen) atoms. The number of anilines is 2. The predicted octanol–water partition coefficient (Wildman–Crippen LogP) is 5.42. The van der Waals surface area contributed by atoms with Crippen LogP contribution in [-0.2, 0) is 5.75 Å². The molecule has 136 valence electrons. The molecule has 0 atom stereocenters. The predicted molar refractivity (Wildman–Crippen MR) is 104 cm³/mol. The minimum atomic E-state index is -0.346. The monoisotopic (exact) mass is 419 g/mol. The summed E-state index contributed by atoms with van der Waals surface area (Å²) in [5, 5.41) is 16.0. The van der Waals surface area contributed by atoms with Crippen LogP contribution in [0.2, 0.25) is 5.02 Å². The Balaban J connectivity index is 1.39. The Labute approximate surface area is 166 Å². The van der Waals surface area contributed by atoms with Crippen molar-refractivity contribution in [2.24, 2.45) is 0 Å². The van der Waals surface area contributed by atoms with E-state index in [1.165, 1.54) is 29.2 Å². The van der Waals surface area contributed by atoms with Crippen molar-refractivity contribution >= 4 is 45.5 Å². The lowest BCUT2D eigenvalue weighted by atomic mass is 10.2. The van der Waals surface area contributed by atoms with E-state index < -0.39 is 0 Å². The highest BCUT2D eigenvalue weighted by Gasteiger charge is 2.13. The first kappa shape index (κ1) is 17.9. The van der Waals surface area contributed by atoms with Gasteiger partial charge in [0.25, 0.3) is 5.89 Å². The summed E-state index contributed by atoms with van der Waals surface area (Å²) < 4.78 is 19.7. The second-order valence-electron chi connectivity index (χ2n) is 5.26. The maximum absolute atomic E-state index is 13.7. The molecule has 0 fully saturated rings. The molecule has 2 heterocycles. The molecule has 6 nitrogen and oxygen atoms in total. The molecule has 0 unspecified atom stereocenters. The van der Waals surface area contributed by atoms with Crippen LogP contribution in [0.15, 0.2) is 57.4 Å². The van der Waals surface area contributed by atoms with Crippen LogP contribution in [0.5, 0.6) is 0 Å². The molecule has 0 spiro atoms. The number of hydrogen-bond donors (Lipinski definition) is 1. The smallest absolute Gasteiger partial charge is 0.259 e. The van der Waals surface area contributed by atoms with Crippen molar-refractivity contribution in [1.82, 2.24) is 20.3 Å². The van der Waals surface area contributed by atoms with Crippen molar-refractivity contribution in [3.8, 4) is 11.5 Å². The van der Waals surface area contributed by atoms with Crippen LogP contribution < -0.4 is 5.32 Å². The second-order valence-corrected chi connectivity index (χ2v) is 7.87. The number of nitrogens with one attached hydrogen (secondary N) is 1. The Morgan fingerprint density at radius 1 is 1.11 bits per heavy atom. The van der Waals surface area contributed by atoms with E-state index in [0.29, 0.717) is 43.2 Å². The summed E-state index contributed by atoms with van der Waals surface area (Å²) in [6.45, 7) is 0. The van der Waals surface area contributed by atoms with Gasteiger partial charge >= 0.3 is 0 Å². The highest BCUT2D eigenvalue weighted by atomic mass is 35.5. The lowest BCUT2D eigenvalue weighted by Crippen LogP contribution is -1.92. The number of benzene rings is 2. The summed E-state index contributed by atoms with van der Waals surface area (Å²) in [6.07, 6.45) is 0. The minimum absolute atomic E-state index is 0.346. The van der Waals surface area contributed by atoms with Gasteiger partial charge < -0.3 is 9.84 Å². The molecule has 0 amide bonds. The van der Waals surface area contributed by atoms with Crippen LogP contribution in [0.1, 0.15) is 5.82 Å². The van der Waals surface area contributed by atoms with E-state index in [0.717, 1.165) is 0 Å². The zero-order valence-corrected chi connectivity index (χ0v) is 16.0. The fourth-order valence-electron chi connectivity index (χ4n) is 2.18. The van der Waals surface area contributed by atoms with Crippen molar-refractivity contribution in [3.05, 3.63) is 65.2 Å². The third kappa shape index (κ3) is 4.26. The summed E-state index contributed by atoms with van der Waals surface area (Å²) in [5.74, 6) is 1.01. The van der Waals surface area contributed by atoms with Gasteiger partial charge in [0.05, 0.1) is 22.0 Å². The van der Waals surface area contributed by atoms with E-state index in [9.17, 15) is 4.39 Å². The zero-order chi connectivity index (χ0) is 18.6. The Morgan fingerprint density at radius 2 is 1.93 bits per heavy atom. The summed E-state index contributed by atoms with van der Waals surface area (Å²) >= 11 is 8.87. The number of para-hydroxylation sites is 1. The van der Waals surface area contributed by atoms with Gasteiger partial charge in [0.1, 0.15) is 5.82 Å². The molecular weight excluding hydrogens is 409 g/mol. The number of hydrogen-bond acceptors (Lipinski definition) is 8. The van der Waals surface area contributed by atoms with E-state index in [1.54, 1.807) is 24.3 Å². The van der Waals surface area contributed by atoms with E-state index in [1.807, 2.05) is 18.2 Å². The first-order valence-corrected chi connectivity index (χ1v) is 9.92. The largest absolute Gasteiger partial charge is 0.334 e. The van der Waals surface area contributed by atoms with Gasteiger partial charge in [-0.1, -0.05) is 64.1 Å². The first-order valence-electron chi connectivity index (χ1n) is 7.74. The maximum atomic E-state index is 13.7. The molecule has 0 bridgehead atoms. The van der Waals surface area contributed by atoms with Gasteiger partial charge in [-0.15, -0.1) is 10.2 Å². The molecule has 4 aromatic rings. The highest BCUT2D eigenvalue weighted by Crippen LogP contribution is 2.31. The quantitative estimate of drug-likeness (QED) is 0.418. The van der Waals surface area contributed by atoms with Gasteiger partial charge in [-0.2, -0.15) is 4.98 Å². The topological polar surface area (TPSA) is 76.7 Å². The third-order valence-electron chi connectivity index (χ3n) is 3.42. The molecule has 0 aliphatic carbocycles. The van der Waals surface area contributed by atoms with Gasteiger partial charge in [-0.3, -0.25) is 0 Å². The SMILES string of the molecule is Fc1ccccc1Nc1nnc(SCc2noc(-c3ccccc3Cl)n2)s1. The second kappa shape index (κ2) is 8.03. The van der Waals surface area contributed by atoms with Crippen molar-refractivity contribution in [2.75, 3.05) is 5.32 Å². The Bertz CT molecular complexity index is 1070. The van der Waals surface area contributed by atoms with Gasteiger partial charge in [-0.25, -0.2) is 4.39 Å². The van der Waals surface area contributed by atoms with Crippen LogP contribution >= 0.6 is 34.7 Å². The molecule has 0 radical (unpaired) electrons. The third-order valence-corrected chi connectivity index (χ3v) is 5.72. The van der Waals surface area contributed by atoms with E-state index in [4.69, 9.17) is 16.1 Å². The highest BCUT2D eigenvalue weighted by molar-refractivity contribution is 8.00. The number of nitrogens with zero attached hydrogens (tertiary/aromatic N) is 4. The molecule has 0 saturated heterocycles. The lowest BCUT2D eigenvalue weighted by molar-refractivity contribution is 0.425. The molecule has 0 aliphatic rings. The minimum Gasteiger partial charge on any atom is -0.334 e. The van der Waals surface area contributed by atoms with Crippen molar-refractivity contribution in [1.29, 1.82) is 0 Å². The van der Waals surface area contributed by atoms with Gasteiger partial charge in [0.15, 0.2) is 10.2 Å². The van der Waals surface area contributed by atoms with Crippen LogP contribution in [0, 0.1) is 5.82 Å². The molecule has 1 N–H and O–H groups in total. The maximum Gasteiger partial charge on any atom is 0.259 e. The Morgan fingerprint density at radius 3 is 2.78 bits per heavy atom. The van der Waals surface area contributed by atoms with Crippen LogP contribution in [-0.4, -0.2) is 20.3 Å². The number of aromatic nitrogens is 4. The molecular formula is C17H11ClFN5OS2. The van der Waals surface area contributed by atoms with Crippen molar-refractivity contribution < 1.29 is 8.91 Å². The summed E-state index contributed by atoms with van der Waals surface area (Å²) in [7, 11) is 0. The summed E-state index contributed by atoms with van der Waals surface area (Å²) in [5.41, 5.74) is 1.04. The molecule has 0 aliphatic heterocycles. The number of rotatable bonds is 6. The van der Waals surface area contributed by atoms with Gasteiger partial charge in [0, 0.05) is 0 Å². The normalized spacial score (nSPS) is 10.9. The summed E-state index contributed by atoms with van der Waals surface area (Å²) in [6, 6.07) is 13.7. The van der Waals surface area contributed by atoms with Gasteiger partial charge in [0.2, 0.25) is 5.13 Å².